The molecule has 2 aliphatic heterocycles. The fraction of sp³-hybridized carbons (Fsp3) is 0.625. The third-order valence-electron chi connectivity index (χ3n) is 4.68. The molecule has 7 heteroatoms. The van der Waals surface area contributed by atoms with Gasteiger partial charge in [-0.15, -0.1) is 5.10 Å². The van der Waals surface area contributed by atoms with Gasteiger partial charge < -0.3 is 9.80 Å². The lowest BCUT2D eigenvalue weighted by molar-refractivity contribution is -0.132. The Hall–Kier alpha value is -1.81. The highest BCUT2D eigenvalue weighted by molar-refractivity contribution is 7.99. The summed E-state index contributed by atoms with van der Waals surface area (Å²) in [6, 6.07) is 2.04. The monoisotopic (exact) mass is 331 g/mol. The number of amides is 1. The Bertz CT molecular complexity index is 651. The molecule has 0 radical (unpaired) electrons. The number of carbonyl (C=O) groups excluding carboxylic acids is 1. The molecular weight excluding hydrogens is 310 g/mol. The minimum absolute atomic E-state index is 0.173. The molecule has 0 N–H and O–H groups in total. The predicted molar refractivity (Wildman–Crippen MR) is 90.5 cm³/mol. The lowest BCUT2D eigenvalue weighted by Crippen LogP contribution is -2.49. The van der Waals surface area contributed by atoms with Crippen LogP contribution < -0.4 is 4.90 Å². The summed E-state index contributed by atoms with van der Waals surface area (Å²) >= 11 is 1.89. The van der Waals surface area contributed by atoms with Gasteiger partial charge in [-0.05, 0) is 32.3 Å². The van der Waals surface area contributed by atoms with Gasteiger partial charge in [0.1, 0.15) is 17.7 Å². The predicted octanol–water partition coefficient (Wildman–Crippen LogP) is 1.51. The average molecular weight is 331 g/mol. The number of hydrogen-bond acceptors (Lipinski definition) is 6. The molecule has 0 aromatic carbocycles. The first-order valence-corrected chi connectivity index (χ1v) is 9.16. The minimum Gasteiger partial charge on any atom is -0.342 e. The molecule has 0 bridgehead atoms. The Morgan fingerprint density at radius 1 is 1.26 bits per heavy atom. The molecule has 0 spiro atoms. The van der Waals surface area contributed by atoms with Gasteiger partial charge >= 0.3 is 0 Å². The first kappa shape index (κ1) is 16.1. The van der Waals surface area contributed by atoms with E-state index in [4.69, 9.17) is 0 Å². The summed E-state index contributed by atoms with van der Waals surface area (Å²) in [5.74, 6) is 2.75. The highest BCUT2D eigenvalue weighted by Gasteiger charge is 2.36. The lowest BCUT2D eigenvalue weighted by Gasteiger charge is -2.33. The van der Waals surface area contributed by atoms with Crippen molar-refractivity contribution in [3.8, 4) is 6.07 Å². The van der Waals surface area contributed by atoms with Crippen LogP contribution in [0.3, 0.4) is 0 Å². The van der Waals surface area contributed by atoms with E-state index < -0.39 is 0 Å². The van der Waals surface area contributed by atoms with Crippen molar-refractivity contribution >= 4 is 23.5 Å². The highest BCUT2D eigenvalue weighted by Crippen LogP contribution is 2.29. The molecule has 23 heavy (non-hydrogen) atoms. The lowest BCUT2D eigenvalue weighted by atomic mass is 10.1. The molecule has 1 atom stereocenters. The second-order valence-electron chi connectivity index (χ2n) is 6.01. The van der Waals surface area contributed by atoms with Crippen LogP contribution in [0.4, 0.5) is 5.82 Å². The van der Waals surface area contributed by atoms with Crippen LogP contribution >= 0.6 is 11.8 Å². The average Bonchev–Trinajstić information content (AvgIpc) is 3.06. The largest absolute Gasteiger partial charge is 0.342 e. The summed E-state index contributed by atoms with van der Waals surface area (Å²) in [6.45, 7) is 6.13. The molecule has 0 unspecified atom stereocenters. The first-order valence-electron chi connectivity index (χ1n) is 8.00. The number of aryl methyl sites for hydroxylation is 1. The van der Waals surface area contributed by atoms with Gasteiger partial charge in [0.15, 0.2) is 5.82 Å². The van der Waals surface area contributed by atoms with Crippen molar-refractivity contribution < 1.29 is 4.79 Å². The van der Waals surface area contributed by atoms with E-state index in [1.165, 1.54) is 0 Å². The standard InChI is InChI=1S/C16H21N5OS/c1-11-12(2)18-19-15(13(11)10-17)21-5-3-4-14(21)16(22)20-6-8-23-9-7-20/h14H,3-9H2,1-2H3/t14-/m1/s1. The molecule has 0 aliphatic carbocycles. The molecular formula is C16H21N5OS. The normalized spacial score (nSPS) is 21.3. The van der Waals surface area contributed by atoms with Gasteiger partial charge in [0.05, 0.1) is 5.69 Å². The van der Waals surface area contributed by atoms with Crippen LogP contribution in [0.5, 0.6) is 0 Å². The first-order chi connectivity index (χ1) is 11.1. The Labute approximate surface area is 140 Å². The van der Waals surface area contributed by atoms with Crippen LogP contribution in [-0.4, -0.2) is 58.2 Å². The van der Waals surface area contributed by atoms with Crippen LogP contribution in [0.1, 0.15) is 29.7 Å². The van der Waals surface area contributed by atoms with Crippen molar-refractivity contribution in [2.24, 2.45) is 0 Å². The van der Waals surface area contributed by atoms with E-state index in [-0.39, 0.29) is 11.9 Å². The zero-order valence-electron chi connectivity index (χ0n) is 13.6. The molecule has 3 heterocycles. The summed E-state index contributed by atoms with van der Waals surface area (Å²) in [7, 11) is 0. The Morgan fingerprint density at radius 2 is 2.00 bits per heavy atom. The maximum Gasteiger partial charge on any atom is 0.245 e. The van der Waals surface area contributed by atoms with Crippen molar-refractivity contribution in [2.75, 3.05) is 36.0 Å². The zero-order valence-corrected chi connectivity index (χ0v) is 14.4. The van der Waals surface area contributed by atoms with Crippen molar-refractivity contribution in [3.63, 3.8) is 0 Å². The summed E-state index contributed by atoms with van der Waals surface area (Å²) in [5, 5.41) is 17.9. The van der Waals surface area contributed by atoms with Gasteiger partial charge in [0, 0.05) is 31.1 Å². The SMILES string of the molecule is Cc1nnc(N2CCC[C@@H]2C(=O)N2CCSCC2)c(C#N)c1C. The van der Waals surface area contributed by atoms with Gasteiger partial charge in [0.25, 0.3) is 0 Å². The van der Waals surface area contributed by atoms with E-state index in [2.05, 4.69) is 16.3 Å². The van der Waals surface area contributed by atoms with Crippen molar-refractivity contribution in [1.29, 1.82) is 5.26 Å². The van der Waals surface area contributed by atoms with E-state index in [0.717, 1.165) is 55.2 Å². The Balaban J connectivity index is 1.89. The van der Waals surface area contributed by atoms with E-state index in [9.17, 15) is 10.1 Å². The summed E-state index contributed by atoms with van der Waals surface area (Å²) in [6.07, 6.45) is 1.76. The Kier molecular flexibility index (Phi) is 4.71. The Morgan fingerprint density at radius 3 is 2.70 bits per heavy atom. The molecule has 122 valence electrons. The van der Waals surface area contributed by atoms with Gasteiger partial charge in [-0.1, -0.05) is 0 Å². The van der Waals surface area contributed by atoms with Crippen molar-refractivity contribution in [1.82, 2.24) is 15.1 Å². The van der Waals surface area contributed by atoms with E-state index in [1.807, 2.05) is 35.4 Å². The smallest absolute Gasteiger partial charge is 0.245 e. The van der Waals surface area contributed by atoms with Gasteiger partial charge in [-0.2, -0.15) is 22.1 Å². The van der Waals surface area contributed by atoms with Crippen LogP contribution in [0.25, 0.3) is 0 Å². The number of nitrogens with zero attached hydrogens (tertiary/aromatic N) is 5. The highest BCUT2D eigenvalue weighted by atomic mass is 32.2. The molecule has 2 fully saturated rings. The second kappa shape index (κ2) is 6.75. The van der Waals surface area contributed by atoms with Gasteiger partial charge in [0.2, 0.25) is 5.91 Å². The molecule has 1 aromatic heterocycles. The van der Waals surface area contributed by atoms with Crippen LogP contribution in [0, 0.1) is 25.2 Å². The van der Waals surface area contributed by atoms with Crippen LogP contribution in [0.2, 0.25) is 0 Å². The molecule has 0 saturated carbocycles. The van der Waals surface area contributed by atoms with E-state index in [0.29, 0.717) is 11.4 Å². The number of carbonyl (C=O) groups is 1. The third-order valence-corrected chi connectivity index (χ3v) is 5.62. The molecule has 3 rings (SSSR count). The van der Waals surface area contributed by atoms with Crippen LogP contribution in [0.15, 0.2) is 0 Å². The minimum atomic E-state index is -0.207. The van der Waals surface area contributed by atoms with Crippen molar-refractivity contribution in [2.45, 2.75) is 32.7 Å². The summed E-state index contributed by atoms with van der Waals surface area (Å²) < 4.78 is 0. The maximum atomic E-state index is 12.9. The number of rotatable bonds is 2. The van der Waals surface area contributed by atoms with Crippen molar-refractivity contribution in [3.05, 3.63) is 16.8 Å². The number of hydrogen-bond donors (Lipinski definition) is 0. The maximum absolute atomic E-state index is 12.9. The summed E-state index contributed by atoms with van der Waals surface area (Å²) in [5.41, 5.74) is 2.16. The second-order valence-corrected chi connectivity index (χ2v) is 7.23. The quantitative estimate of drug-likeness (QED) is 0.818. The number of nitriles is 1. The summed E-state index contributed by atoms with van der Waals surface area (Å²) in [4.78, 5) is 16.8. The van der Waals surface area contributed by atoms with E-state index >= 15 is 0 Å². The van der Waals surface area contributed by atoms with E-state index in [1.54, 1.807) is 0 Å². The fourth-order valence-corrected chi connectivity index (χ4v) is 4.11. The molecule has 2 saturated heterocycles. The number of anilines is 1. The van der Waals surface area contributed by atoms with Gasteiger partial charge in [-0.25, -0.2) is 0 Å². The fourth-order valence-electron chi connectivity index (χ4n) is 3.20. The molecule has 6 nitrogen and oxygen atoms in total. The molecule has 2 aliphatic rings. The van der Waals surface area contributed by atoms with Gasteiger partial charge in [-0.3, -0.25) is 4.79 Å². The number of thioether (sulfide) groups is 1. The van der Waals surface area contributed by atoms with Crippen LogP contribution in [-0.2, 0) is 4.79 Å². The zero-order chi connectivity index (χ0) is 16.4. The third kappa shape index (κ3) is 3.00. The topological polar surface area (TPSA) is 73.1 Å². The molecule has 1 aromatic rings. The number of aromatic nitrogens is 2. The molecule has 1 amide bonds.